The standard InChI is InChI=1S/C6H8N2O3/c9-5(6(10)11)1-4-2-7-3-8-4/h2-3,5,9H,1H2,(H,7,8)(H,10,11)/p-1. The van der Waals surface area contributed by atoms with Gasteiger partial charge in [-0.1, -0.05) is 0 Å². The smallest absolute Gasteiger partial charge is 0.0988 e. The number of aromatic nitrogens is 2. The summed E-state index contributed by atoms with van der Waals surface area (Å²) in [7, 11) is 0. The van der Waals surface area contributed by atoms with Crippen molar-refractivity contribution >= 4 is 5.97 Å². The number of carbonyl (C=O) groups excluding carboxylic acids is 1. The van der Waals surface area contributed by atoms with Crippen LogP contribution >= 0.6 is 0 Å². The third kappa shape index (κ3) is 2.05. The van der Waals surface area contributed by atoms with Crippen molar-refractivity contribution in [3.63, 3.8) is 0 Å². The third-order valence-corrected chi connectivity index (χ3v) is 1.24. The van der Waals surface area contributed by atoms with Gasteiger partial charge in [-0.15, -0.1) is 0 Å². The van der Waals surface area contributed by atoms with Crippen molar-refractivity contribution in [3.8, 4) is 0 Å². The highest BCUT2D eigenvalue weighted by Crippen LogP contribution is 1.96. The van der Waals surface area contributed by atoms with Crippen LogP contribution in [0.2, 0.25) is 0 Å². The van der Waals surface area contributed by atoms with E-state index in [0.29, 0.717) is 5.69 Å². The molecular weight excluding hydrogens is 148 g/mol. The lowest BCUT2D eigenvalue weighted by Crippen LogP contribution is -2.36. The summed E-state index contributed by atoms with van der Waals surface area (Å²) >= 11 is 0. The van der Waals surface area contributed by atoms with E-state index in [2.05, 4.69) is 9.97 Å². The van der Waals surface area contributed by atoms with E-state index in [1.807, 2.05) is 0 Å². The molecule has 1 aromatic rings. The van der Waals surface area contributed by atoms with Crippen LogP contribution in [0.15, 0.2) is 12.5 Å². The van der Waals surface area contributed by atoms with Gasteiger partial charge in [-0.05, 0) is 0 Å². The molecule has 60 valence electrons. The first-order valence-corrected chi connectivity index (χ1v) is 3.06. The minimum absolute atomic E-state index is 0.00231. The molecule has 1 atom stereocenters. The van der Waals surface area contributed by atoms with E-state index in [1.54, 1.807) is 0 Å². The lowest BCUT2D eigenvalue weighted by molar-refractivity contribution is -0.314. The molecule has 11 heavy (non-hydrogen) atoms. The Labute approximate surface area is 62.7 Å². The summed E-state index contributed by atoms with van der Waals surface area (Å²) < 4.78 is 0. The first kappa shape index (κ1) is 7.74. The summed E-state index contributed by atoms with van der Waals surface area (Å²) in [5, 5.41) is 18.8. The molecule has 0 radical (unpaired) electrons. The second kappa shape index (κ2) is 3.16. The van der Waals surface area contributed by atoms with E-state index in [4.69, 9.17) is 5.11 Å². The number of imidazole rings is 1. The predicted octanol–water partition coefficient (Wildman–Crippen LogP) is -1.94. The topological polar surface area (TPSA) is 89.0 Å². The fraction of sp³-hybridized carbons (Fsp3) is 0.333. The average Bonchev–Trinajstić information content (AvgIpc) is 2.39. The number of rotatable bonds is 3. The van der Waals surface area contributed by atoms with Crippen molar-refractivity contribution in [1.82, 2.24) is 9.97 Å². The van der Waals surface area contributed by atoms with Crippen LogP contribution in [-0.2, 0) is 11.2 Å². The SMILES string of the molecule is O=C([O-])C(O)Cc1cnc[nH]1. The maximum absolute atomic E-state index is 10.0. The summed E-state index contributed by atoms with van der Waals surface area (Å²) in [6.07, 6.45) is 1.40. The van der Waals surface area contributed by atoms with E-state index in [1.165, 1.54) is 12.5 Å². The molecule has 0 saturated carbocycles. The molecule has 1 heterocycles. The van der Waals surface area contributed by atoms with Gasteiger partial charge >= 0.3 is 0 Å². The summed E-state index contributed by atoms with van der Waals surface area (Å²) in [6.45, 7) is 0. The summed E-state index contributed by atoms with van der Waals surface area (Å²) in [6, 6.07) is 0. The lowest BCUT2D eigenvalue weighted by Gasteiger charge is -2.08. The molecule has 1 unspecified atom stereocenters. The molecule has 0 aliphatic heterocycles. The van der Waals surface area contributed by atoms with Gasteiger partial charge in [-0.2, -0.15) is 0 Å². The molecule has 0 aliphatic rings. The van der Waals surface area contributed by atoms with Gasteiger partial charge in [0.2, 0.25) is 0 Å². The number of nitrogens with zero attached hydrogens (tertiary/aromatic N) is 1. The van der Waals surface area contributed by atoms with Crippen molar-refractivity contribution in [2.24, 2.45) is 0 Å². The van der Waals surface area contributed by atoms with Gasteiger partial charge in [-0.25, -0.2) is 4.98 Å². The second-order valence-corrected chi connectivity index (χ2v) is 2.12. The minimum atomic E-state index is -1.47. The molecule has 2 N–H and O–H groups in total. The number of carboxylic acid groups (broad SMARTS) is 1. The molecule has 0 bridgehead atoms. The number of carboxylic acids is 1. The summed E-state index contributed by atoms with van der Waals surface area (Å²) in [5.41, 5.74) is 0.571. The highest BCUT2D eigenvalue weighted by molar-refractivity contribution is 5.69. The molecule has 0 saturated heterocycles. The molecule has 5 heteroatoms. The van der Waals surface area contributed by atoms with Crippen molar-refractivity contribution in [2.75, 3.05) is 0 Å². The van der Waals surface area contributed by atoms with E-state index in [0.717, 1.165) is 0 Å². The van der Waals surface area contributed by atoms with Gasteiger partial charge in [0.15, 0.2) is 0 Å². The third-order valence-electron chi connectivity index (χ3n) is 1.24. The molecule has 0 aromatic carbocycles. The van der Waals surface area contributed by atoms with Crippen LogP contribution in [0.3, 0.4) is 0 Å². The van der Waals surface area contributed by atoms with Crippen LogP contribution in [0.4, 0.5) is 0 Å². The normalized spacial score (nSPS) is 12.8. The Balaban J connectivity index is 2.50. The number of aliphatic carboxylic acids is 1. The molecule has 1 rings (SSSR count). The Hall–Kier alpha value is -1.36. The summed E-state index contributed by atoms with van der Waals surface area (Å²) in [5.74, 6) is -1.47. The molecule has 0 spiro atoms. The van der Waals surface area contributed by atoms with Crippen LogP contribution < -0.4 is 5.11 Å². The zero-order valence-corrected chi connectivity index (χ0v) is 5.65. The fourth-order valence-corrected chi connectivity index (χ4v) is 0.688. The zero-order chi connectivity index (χ0) is 8.27. The Morgan fingerprint density at radius 1 is 1.91 bits per heavy atom. The van der Waals surface area contributed by atoms with Crippen LogP contribution in [0.25, 0.3) is 0 Å². The number of carbonyl (C=O) groups is 1. The molecular formula is C6H7N2O3-. The molecule has 0 fully saturated rings. The zero-order valence-electron chi connectivity index (χ0n) is 5.65. The van der Waals surface area contributed by atoms with Gasteiger partial charge in [0.05, 0.1) is 18.4 Å². The largest absolute Gasteiger partial charge is 0.547 e. The van der Waals surface area contributed by atoms with Crippen LogP contribution in [-0.4, -0.2) is 27.1 Å². The first-order chi connectivity index (χ1) is 5.20. The number of aliphatic hydroxyl groups excluding tert-OH is 1. The minimum Gasteiger partial charge on any atom is -0.547 e. The van der Waals surface area contributed by atoms with Crippen molar-refractivity contribution in [1.29, 1.82) is 0 Å². The number of hydrogen-bond donors (Lipinski definition) is 2. The van der Waals surface area contributed by atoms with Gasteiger partial charge in [0.25, 0.3) is 0 Å². The fourth-order valence-electron chi connectivity index (χ4n) is 0.688. The van der Waals surface area contributed by atoms with E-state index in [9.17, 15) is 9.90 Å². The monoisotopic (exact) mass is 155 g/mol. The van der Waals surface area contributed by atoms with Crippen molar-refractivity contribution < 1.29 is 15.0 Å². The Kier molecular flexibility index (Phi) is 2.22. The highest BCUT2D eigenvalue weighted by atomic mass is 16.4. The number of aliphatic hydroxyl groups is 1. The van der Waals surface area contributed by atoms with Gasteiger partial charge in [0, 0.05) is 18.3 Å². The second-order valence-electron chi connectivity index (χ2n) is 2.12. The number of nitrogens with one attached hydrogen (secondary N) is 1. The quantitative estimate of drug-likeness (QED) is 0.531. The molecule has 0 amide bonds. The van der Waals surface area contributed by atoms with E-state index >= 15 is 0 Å². The van der Waals surface area contributed by atoms with Gasteiger partial charge in [-0.3, -0.25) is 0 Å². The number of hydrogen-bond acceptors (Lipinski definition) is 4. The molecule has 1 aromatic heterocycles. The summed E-state index contributed by atoms with van der Waals surface area (Å²) in [4.78, 5) is 16.3. The van der Waals surface area contributed by atoms with Crippen molar-refractivity contribution in [3.05, 3.63) is 18.2 Å². The predicted molar refractivity (Wildman–Crippen MR) is 33.3 cm³/mol. The van der Waals surface area contributed by atoms with Crippen LogP contribution in [0.1, 0.15) is 5.69 Å². The molecule has 0 aliphatic carbocycles. The van der Waals surface area contributed by atoms with E-state index in [-0.39, 0.29) is 6.42 Å². The Morgan fingerprint density at radius 3 is 3.09 bits per heavy atom. The molecule has 5 nitrogen and oxygen atoms in total. The number of H-pyrrole nitrogens is 1. The Morgan fingerprint density at radius 2 is 2.64 bits per heavy atom. The first-order valence-electron chi connectivity index (χ1n) is 3.06. The maximum Gasteiger partial charge on any atom is 0.0988 e. The van der Waals surface area contributed by atoms with E-state index < -0.39 is 12.1 Å². The van der Waals surface area contributed by atoms with Gasteiger partial charge < -0.3 is 20.0 Å². The van der Waals surface area contributed by atoms with Crippen molar-refractivity contribution in [2.45, 2.75) is 12.5 Å². The maximum atomic E-state index is 10.0. The lowest BCUT2D eigenvalue weighted by atomic mass is 10.2. The van der Waals surface area contributed by atoms with Crippen LogP contribution in [0.5, 0.6) is 0 Å². The highest BCUT2D eigenvalue weighted by Gasteiger charge is 2.06. The van der Waals surface area contributed by atoms with Crippen LogP contribution in [0, 0.1) is 0 Å². The van der Waals surface area contributed by atoms with Gasteiger partial charge in [0.1, 0.15) is 0 Å². The average molecular weight is 155 g/mol. The Bertz CT molecular complexity index is 232. The number of aromatic amines is 1.